The van der Waals surface area contributed by atoms with Crippen molar-refractivity contribution in [3.05, 3.63) is 46.6 Å². The van der Waals surface area contributed by atoms with Crippen LogP contribution in [-0.4, -0.2) is 58.1 Å². The third kappa shape index (κ3) is 6.35. The topological polar surface area (TPSA) is 83.4 Å². The zero-order valence-corrected chi connectivity index (χ0v) is 17.2. The SMILES string of the molecule is O=C(CCCNc1ccc(=O)n(C(F)(F)F)c1)N1CCN(c2ncc(C(F)(F)F)cn2)CC1. The number of hydrogen-bond acceptors (Lipinski definition) is 6. The smallest absolute Gasteiger partial charge is 0.384 e. The van der Waals surface area contributed by atoms with Crippen molar-refractivity contribution in [2.24, 2.45) is 0 Å². The molecule has 0 aromatic carbocycles. The van der Waals surface area contributed by atoms with Gasteiger partial charge in [0.15, 0.2) is 0 Å². The van der Waals surface area contributed by atoms with Gasteiger partial charge in [0.25, 0.3) is 5.56 Å². The van der Waals surface area contributed by atoms with Crippen molar-refractivity contribution in [1.82, 2.24) is 19.4 Å². The summed E-state index contributed by atoms with van der Waals surface area (Å²) in [5, 5.41) is 2.75. The molecule has 1 aliphatic rings. The molecule has 33 heavy (non-hydrogen) atoms. The molecule has 0 bridgehead atoms. The molecule has 1 fully saturated rings. The van der Waals surface area contributed by atoms with Crippen molar-refractivity contribution < 1.29 is 31.1 Å². The molecule has 2 aromatic heterocycles. The van der Waals surface area contributed by atoms with E-state index < -0.39 is 23.6 Å². The second kappa shape index (κ2) is 9.67. The van der Waals surface area contributed by atoms with E-state index in [0.717, 1.165) is 6.07 Å². The molecule has 1 aliphatic heterocycles. The first kappa shape index (κ1) is 24.3. The fourth-order valence-electron chi connectivity index (χ4n) is 3.21. The summed E-state index contributed by atoms with van der Waals surface area (Å²) < 4.78 is 75.8. The van der Waals surface area contributed by atoms with Gasteiger partial charge in [0.1, 0.15) is 0 Å². The van der Waals surface area contributed by atoms with E-state index in [1.54, 1.807) is 9.80 Å². The summed E-state index contributed by atoms with van der Waals surface area (Å²) in [5.41, 5.74) is -2.03. The molecule has 0 unspecified atom stereocenters. The van der Waals surface area contributed by atoms with Crippen LogP contribution in [0.25, 0.3) is 0 Å². The molecule has 8 nitrogen and oxygen atoms in total. The summed E-state index contributed by atoms with van der Waals surface area (Å²) in [6.45, 7) is 1.62. The molecule has 1 amide bonds. The first-order chi connectivity index (χ1) is 15.4. The van der Waals surface area contributed by atoms with Gasteiger partial charge in [0.05, 0.1) is 11.3 Å². The lowest BCUT2D eigenvalue weighted by molar-refractivity contribution is -0.206. The number of halogens is 6. The second-order valence-corrected chi connectivity index (χ2v) is 7.26. The highest BCUT2D eigenvalue weighted by atomic mass is 19.4. The van der Waals surface area contributed by atoms with E-state index in [4.69, 9.17) is 0 Å². The lowest BCUT2D eigenvalue weighted by Crippen LogP contribution is -2.49. The molecule has 0 saturated carbocycles. The Morgan fingerprint density at radius 2 is 1.64 bits per heavy atom. The minimum atomic E-state index is -4.82. The van der Waals surface area contributed by atoms with E-state index in [9.17, 15) is 35.9 Å². The third-order valence-corrected chi connectivity index (χ3v) is 4.96. The van der Waals surface area contributed by atoms with Crippen LogP contribution < -0.4 is 15.8 Å². The van der Waals surface area contributed by atoms with Crippen molar-refractivity contribution in [1.29, 1.82) is 0 Å². The van der Waals surface area contributed by atoms with Crippen molar-refractivity contribution in [2.45, 2.75) is 25.3 Å². The zero-order valence-electron chi connectivity index (χ0n) is 17.2. The maximum atomic E-state index is 12.8. The Balaban J connectivity index is 1.42. The van der Waals surface area contributed by atoms with Crippen LogP contribution in [0.3, 0.4) is 0 Å². The van der Waals surface area contributed by atoms with E-state index in [1.807, 2.05) is 0 Å². The fourth-order valence-corrected chi connectivity index (χ4v) is 3.21. The summed E-state index contributed by atoms with van der Waals surface area (Å²) in [5.74, 6) is 0.00421. The van der Waals surface area contributed by atoms with Gasteiger partial charge in [-0.15, -0.1) is 13.2 Å². The monoisotopic (exact) mass is 478 g/mol. The minimum absolute atomic E-state index is 0.101. The Hall–Kier alpha value is -3.32. The first-order valence-electron chi connectivity index (χ1n) is 9.91. The Morgan fingerprint density at radius 1 is 1.00 bits per heavy atom. The highest BCUT2D eigenvalue weighted by Crippen LogP contribution is 2.28. The maximum Gasteiger partial charge on any atom is 0.491 e. The molecule has 180 valence electrons. The van der Waals surface area contributed by atoms with E-state index in [2.05, 4.69) is 15.3 Å². The molecule has 1 saturated heterocycles. The number of amides is 1. The molecule has 0 radical (unpaired) electrons. The van der Waals surface area contributed by atoms with Gasteiger partial charge in [0, 0.05) is 63.8 Å². The average Bonchev–Trinajstić information content (AvgIpc) is 2.76. The summed E-state index contributed by atoms with van der Waals surface area (Å²) in [7, 11) is 0. The number of piperazine rings is 1. The molecule has 1 N–H and O–H groups in total. The fraction of sp³-hybridized carbons (Fsp3) is 0.474. The second-order valence-electron chi connectivity index (χ2n) is 7.26. The van der Waals surface area contributed by atoms with Gasteiger partial charge in [-0.2, -0.15) is 13.2 Å². The number of aromatic nitrogens is 3. The third-order valence-electron chi connectivity index (χ3n) is 4.96. The number of rotatable bonds is 6. The van der Waals surface area contributed by atoms with E-state index >= 15 is 0 Å². The van der Waals surface area contributed by atoms with Crippen LogP contribution >= 0.6 is 0 Å². The van der Waals surface area contributed by atoms with Crippen LogP contribution in [0, 0.1) is 0 Å². The van der Waals surface area contributed by atoms with Crippen molar-refractivity contribution >= 4 is 17.5 Å². The molecule has 0 spiro atoms. The van der Waals surface area contributed by atoms with Gasteiger partial charge in [0.2, 0.25) is 11.9 Å². The van der Waals surface area contributed by atoms with Crippen LogP contribution in [-0.2, 0) is 17.3 Å². The van der Waals surface area contributed by atoms with E-state index in [1.165, 1.54) is 6.07 Å². The predicted molar refractivity (Wildman–Crippen MR) is 106 cm³/mol. The number of carbonyl (C=O) groups is 1. The van der Waals surface area contributed by atoms with E-state index in [0.29, 0.717) is 51.2 Å². The van der Waals surface area contributed by atoms with Crippen molar-refractivity contribution in [3.8, 4) is 0 Å². The Morgan fingerprint density at radius 3 is 2.21 bits per heavy atom. The molecular weight excluding hydrogens is 458 g/mol. The molecule has 3 rings (SSSR count). The number of anilines is 2. The quantitative estimate of drug-likeness (QED) is 0.508. The lowest BCUT2D eigenvalue weighted by Gasteiger charge is -2.34. The van der Waals surface area contributed by atoms with Crippen molar-refractivity contribution in [3.63, 3.8) is 0 Å². The molecule has 14 heteroatoms. The zero-order chi connectivity index (χ0) is 24.2. The van der Waals surface area contributed by atoms with Crippen molar-refractivity contribution in [2.75, 3.05) is 42.9 Å². The summed E-state index contributed by atoms with van der Waals surface area (Å²) in [6, 6.07) is 2.04. The number of pyridine rings is 1. The van der Waals surface area contributed by atoms with Gasteiger partial charge in [-0.1, -0.05) is 0 Å². The maximum absolute atomic E-state index is 12.8. The van der Waals surface area contributed by atoms with Gasteiger partial charge in [-0.25, -0.2) is 14.5 Å². The molecular formula is C19H20F6N6O2. The highest BCUT2D eigenvalue weighted by Gasteiger charge is 2.32. The largest absolute Gasteiger partial charge is 0.491 e. The molecule has 0 atom stereocenters. The lowest BCUT2D eigenvalue weighted by atomic mass is 10.2. The predicted octanol–water partition coefficient (Wildman–Crippen LogP) is 2.67. The molecule has 0 aliphatic carbocycles. The Bertz CT molecular complexity index is 1010. The minimum Gasteiger partial charge on any atom is -0.384 e. The first-order valence-corrected chi connectivity index (χ1v) is 9.91. The van der Waals surface area contributed by atoms with Gasteiger partial charge in [-0.3, -0.25) is 9.59 Å². The summed E-state index contributed by atoms with van der Waals surface area (Å²) >= 11 is 0. The number of nitrogens with zero attached hydrogens (tertiary/aromatic N) is 5. The number of alkyl halides is 6. The molecule has 2 aromatic rings. The van der Waals surface area contributed by atoms with Crippen LogP contribution in [0.4, 0.5) is 38.0 Å². The van der Waals surface area contributed by atoms with Crippen LogP contribution in [0.15, 0.2) is 35.5 Å². The van der Waals surface area contributed by atoms with Gasteiger partial charge in [-0.05, 0) is 12.5 Å². The van der Waals surface area contributed by atoms with Crippen LogP contribution in [0.5, 0.6) is 0 Å². The number of carbonyl (C=O) groups excluding carboxylic acids is 1. The molecule has 3 heterocycles. The standard InChI is InChI=1S/C19H20F6N6O2/c20-18(21,22)13-10-27-17(28-11-13)30-8-6-29(7-9-30)15(32)2-1-5-26-14-3-4-16(33)31(12-14)19(23,24)25/h3-4,10-12,26H,1-2,5-9H2. The van der Waals surface area contributed by atoms with Crippen LogP contribution in [0.2, 0.25) is 0 Å². The van der Waals surface area contributed by atoms with Crippen LogP contribution in [0.1, 0.15) is 18.4 Å². The average molecular weight is 478 g/mol. The van der Waals surface area contributed by atoms with E-state index in [-0.39, 0.29) is 35.1 Å². The summed E-state index contributed by atoms with van der Waals surface area (Å²) in [4.78, 5) is 34.4. The van der Waals surface area contributed by atoms with Gasteiger partial charge < -0.3 is 15.1 Å². The normalized spacial score (nSPS) is 15.0. The Labute approximate surface area is 183 Å². The summed E-state index contributed by atoms with van der Waals surface area (Å²) in [6.07, 6.45) is -6.74. The van der Waals surface area contributed by atoms with Gasteiger partial charge >= 0.3 is 12.5 Å². The number of nitrogens with one attached hydrogen (secondary N) is 1. The highest BCUT2D eigenvalue weighted by molar-refractivity contribution is 5.76. The number of hydrogen-bond donors (Lipinski definition) is 1. The Kier molecular flexibility index (Phi) is 7.12.